The molecule has 2 aromatic heterocycles. The summed E-state index contributed by atoms with van der Waals surface area (Å²) in [4.78, 5) is 28.5. The summed E-state index contributed by atoms with van der Waals surface area (Å²) in [6.07, 6.45) is 5.92. The first-order valence-electron chi connectivity index (χ1n) is 6.89. The molecule has 1 aliphatic rings. The van der Waals surface area contributed by atoms with E-state index in [4.69, 9.17) is 0 Å². The van der Waals surface area contributed by atoms with Crippen LogP contribution in [0.3, 0.4) is 0 Å². The molecule has 0 saturated heterocycles. The zero-order chi connectivity index (χ0) is 14.7. The molecule has 3 heterocycles. The zero-order valence-corrected chi connectivity index (χ0v) is 11.5. The molecule has 1 amide bonds. The van der Waals surface area contributed by atoms with Crippen LogP contribution in [0.2, 0.25) is 0 Å². The van der Waals surface area contributed by atoms with E-state index in [2.05, 4.69) is 21.7 Å². The second-order valence-corrected chi connectivity index (χ2v) is 4.91. The predicted molar refractivity (Wildman–Crippen MR) is 79.4 cm³/mol. The number of carbonyl (C=O) groups excluding carboxylic acids is 1. The van der Waals surface area contributed by atoms with Crippen LogP contribution in [0.1, 0.15) is 16.8 Å². The second kappa shape index (κ2) is 5.88. The summed E-state index contributed by atoms with van der Waals surface area (Å²) in [5.74, 6) is -0.384. The van der Waals surface area contributed by atoms with E-state index < -0.39 is 0 Å². The number of amides is 1. The number of nitrogens with one attached hydrogen (secondary N) is 2. The minimum atomic E-state index is -0.384. The third-order valence-electron chi connectivity index (χ3n) is 3.49. The van der Waals surface area contributed by atoms with E-state index in [-0.39, 0.29) is 17.0 Å². The highest BCUT2D eigenvalue weighted by Gasteiger charge is 2.13. The van der Waals surface area contributed by atoms with Gasteiger partial charge in [0.2, 0.25) is 0 Å². The molecule has 2 aromatic rings. The van der Waals surface area contributed by atoms with Crippen molar-refractivity contribution < 1.29 is 4.79 Å². The summed E-state index contributed by atoms with van der Waals surface area (Å²) >= 11 is 0. The quantitative estimate of drug-likeness (QED) is 0.797. The largest absolute Gasteiger partial charge is 0.348 e. The minimum absolute atomic E-state index is 0.0632. The Hall–Kier alpha value is -2.47. The van der Waals surface area contributed by atoms with Crippen LogP contribution in [0.4, 0.5) is 0 Å². The summed E-state index contributed by atoms with van der Waals surface area (Å²) in [7, 11) is 0. The molecule has 0 aromatic carbocycles. The van der Waals surface area contributed by atoms with E-state index in [0.29, 0.717) is 12.2 Å². The van der Waals surface area contributed by atoms with E-state index in [1.807, 2.05) is 0 Å². The highest BCUT2D eigenvalue weighted by molar-refractivity contribution is 5.93. The van der Waals surface area contributed by atoms with Gasteiger partial charge >= 0.3 is 0 Å². The Kier molecular flexibility index (Phi) is 3.79. The van der Waals surface area contributed by atoms with Crippen molar-refractivity contribution in [2.75, 3.05) is 19.6 Å². The molecule has 0 aliphatic carbocycles. The van der Waals surface area contributed by atoms with E-state index in [0.717, 1.165) is 19.5 Å². The molecule has 0 bridgehead atoms. The average Bonchev–Trinajstić information content (AvgIpc) is 2.54. The van der Waals surface area contributed by atoms with Gasteiger partial charge in [-0.3, -0.25) is 14.0 Å². The standard InChI is InChI=1S/C15H16N4O2/c20-14(18-9-11-4-6-16-7-5-11)12-10-17-13-3-1-2-8-19(13)15(12)21/h1-4,8,10,16H,5-7,9H2,(H,18,20). The van der Waals surface area contributed by atoms with Gasteiger partial charge < -0.3 is 10.6 Å². The first kappa shape index (κ1) is 13.5. The van der Waals surface area contributed by atoms with Crippen LogP contribution in [0.15, 0.2) is 47.0 Å². The van der Waals surface area contributed by atoms with Crippen LogP contribution >= 0.6 is 0 Å². The van der Waals surface area contributed by atoms with E-state index in [1.54, 1.807) is 24.4 Å². The number of rotatable bonds is 3. The molecule has 0 unspecified atom stereocenters. The van der Waals surface area contributed by atoms with Gasteiger partial charge in [-0.1, -0.05) is 17.7 Å². The molecule has 2 N–H and O–H groups in total. The fourth-order valence-corrected chi connectivity index (χ4v) is 2.30. The Morgan fingerprint density at radius 1 is 1.43 bits per heavy atom. The van der Waals surface area contributed by atoms with Gasteiger partial charge in [0.1, 0.15) is 11.2 Å². The molecule has 0 spiro atoms. The Balaban J connectivity index is 1.80. The van der Waals surface area contributed by atoms with Crippen molar-refractivity contribution in [2.45, 2.75) is 6.42 Å². The molecule has 21 heavy (non-hydrogen) atoms. The van der Waals surface area contributed by atoms with E-state index in [1.165, 1.54) is 16.2 Å². The van der Waals surface area contributed by atoms with Crippen LogP contribution in [-0.4, -0.2) is 34.9 Å². The Morgan fingerprint density at radius 3 is 3.14 bits per heavy atom. The number of hydrogen-bond donors (Lipinski definition) is 2. The van der Waals surface area contributed by atoms with Crippen LogP contribution < -0.4 is 16.2 Å². The highest BCUT2D eigenvalue weighted by atomic mass is 16.2. The first-order valence-corrected chi connectivity index (χ1v) is 6.89. The minimum Gasteiger partial charge on any atom is -0.348 e. The van der Waals surface area contributed by atoms with Gasteiger partial charge in [0.15, 0.2) is 0 Å². The Labute approximate surface area is 121 Å². The summed E-state index contributed by atoms with van der Waals surface area (Å²) in [5, 5.41) is 6.00. The van der Waals surface area contributed by atoms with Gasteiger partial charge in [-0.25, -0.2) is 4.98 Å². The van der Waals surface area contributed by atoms with Crippen molar-refractivity contribution in [1.82, 2.24) is 20.0 Å². The van der Waals surface area contributed by atoms with Crippen LogP contribution in [0, 0.1) is 0 Å². The van der Waals surface area contributed by atoms with E-state index >= 15 is 0 Å². The monoisotopic (exact) mass is 284 g/mol. The predicted octanol–water partition coefficient (Wildman–Crippen LogP) is 0.344. The smallest absolute Gasteiger partial charge is 0.270 e. The van der Waals surface area contributed by atoms with Crippen LogP contribution in [0.25, 0.3) is 5.65 Å². The molecule has 6 heteroatoms. The highest BCUT2D eigenvalue weighted by Crippen LogP contribution is 2.03. The molecule has 6 nitrogen and oxygen atoms in total. The van der Waals surface area contributed by atoms with Gasteiger partial charge in [-0.05, 0) is 25.1 Å². The van der Waals surface area contributed by atoms with Crippen molar-refractivity contribution in [1.29, 1.82) is 0 Å². The number of aromatic nitrogens is 2. The van der Waals surface area contributed by atoms with Gasteiger partial charge in [-0.15, -0.1) is 0 Å². The number of fused-ring (bicyclic) bond motifs is 1. The average molecular weight is 284 g/mol. The fraction of sp³-hybridized carbons (Fsp3) is 0.267. The first-order chi connectivity index (χ1) is 10.3. The summed E-state index contributed by atoms with van der Waals surface area (Å²) in [6.45, 7) is 2.21. The van der Waals surface area contributed by atoms with Crippen molar-refractivity contribution in [3.8, 4) is 0 Å². The Bertz CT molecular complexity index is 764. The van der Waals surface area contributed by atoms with Crippen molar-refractivity contribution >= 4 is 11.6 Å². The maximum absolute atomic E-state index is 12.3. The molecule has 0 atom stereocenters. The normalized spacial score (nSPS) is 14.8. The molecular formula is C15H16N4O2. The number of pyridine rings is 1. The number of nitrogens with zero attached hydrogens (tertiary/aromatic N) is 2. The Morgan fingerprint density at radius 2 is 2.33 bits per heavy atom. The van der Waals surface area contributed by atoms with Crippen molar-refractivity contribution in [3.63, 3.8) is 0 Å². The van der Waals surface area contributed by atoms with Crippen LogP contribution in [0.5, 0.6) is 0 Å². The third kappa shape index (κ3) is 2.85. The van der Waals surface area contributed by atoms with Gasteiger partial charge in [0, 0.05) is 25.5 Å². The molecule has 1 aliphatic heterocycles. The molecule has 108 valence electrons. The molecule has 0 radical (unpaired) electrons. The molecular weight excluding hydrogens is 268 g/mol. The van der Waals surface area contributed by atoms with Gasteiger partial charge in [0.05, 0.1) is 0 Å². The zero-order valence-electron chi connectivity index (χ0n) is 11.5. The summed E-state index contributed by atoms with van der Waals surface area (Å²) in [6, 6.07) is 5.26. The summed E-state index contributed by atoms with van der Waals surface area (Å²) in [5.41, 5.74) is 1.42. The molecule has 0 saturated carbocycles. The molecule has 0 fully saturated rings. The maximum atomic E-state index is 12.3. The lowest BCUT2D eigenvalue weighted by atomic mass is 10.1. The lowest BCUT2D eigenvalue weighted by Gasteiger charge is -2.14. The van der Waals surface area contributed by atoms with Crippen molar-refractivity contribution in [2.24, 2.45) is 0 Å². The third-order valence-corrected chi connectivity index (χ3v) is 3.49. The maximum Gasteiger partial charge on any atom is 0.270 e. The summed E-state index contributed by atoms with van der Waals surface area (Å²) < 4.78 is 1.37. The molecule has 3 rings (SSSR count). The van der Waals surface area contributed by atoms with E-state index in [9.17, 15) is 9.59 Å². The van der Waals surface area contributed by atoms with Gasteiger partial charge in [0.25, 0.3) is 11.5 Å². The lowest BCUT2D eigenvalue weighted by molar-refractivity contribution is 0.0954. The second-order valence-electron chi connectivity index (χ2n) is 4.91. The SMILES string of the molecule is O=C(NCC1=CCNCC1)c1cnc2ccccn2c1=O. The number of carbonyl (C=O) groups is 1. The fourth-order valence-electron chi connectivity index (χ4n) is 2.30. The van der Waals surface area contributed by atoms with Crippen LogP contribution in [-0.2, 0) is 0 Å². The van der Waals surface area contributed by atoms with Crippen molar-refractivity contribution in [3.05, 3.63) is 58.2 Å². The number of hydrogen-bond acceptors (Lipinski definition) is 4. The topological polar surface area (TPSA) is 75.5 Å². The lowest BCUT2D eigenvalue weighted by Crippen LogP contribution is -2.34. The van der Waals surface area contributed by atoms with Gasteiger partial charge in [-0.2, -0.15) is 0 Å².